The molecule has 0 aromatic carbocycles. The van der Waals surface area contributed by atoms with Gasteiger partial charge in [0.2, 0.25) is 0 Å². The van der Waals surface area contributed by atoms with Gasteiger partial charge in [-0.25, -0.2) is 0 Å². The molecule has 0 bridgehead atoms. The largest absolute Gasteiger partial charge is 0.360 e. The van der Waals surface area contributed by atoms with E-state index in [1.807, 2.05) is 13.0 Å². The van der Waals surface area contributed by atoms with E-state index in [2.05, 4.69) is 17.4 Å². The normalized spacial score (nSPS) is 25.9. The molecule has 2 unspecified atom stereocenters. The van der Waals surface area contributed by atoms with Gasteiger partial charge in [-0.3, -0.25) is 0 Å². The summed E-state index contributed by atoms with van der Waals surface area (Å²) in [6.45, 7) is 6.25. The molecule has 90 valence electrons. The van der Waals surface area contributed by atoms with Crippen molar-refractivity contribution in [3.05, 3.63) is 17.5 Å². The third-order valence-electron chi connectivity index (χ3n) is 3.45. The van der Waals surface area contributed by atoms with Gasteiger partial charge in [0.05, 0.1) is 12.2 Å². The zero-order valence-corrected chi connectivity index (χ0v) is 10.3. The maximum Gasteiger partial charge on any atom is 0.150 e. The summed E-state index contributed by atoms with van der Waals surface area (Å²) >= 11 is 0. The monoisotopic (exact) mass is 222 g/mol. The molecule has 1 N–H and O–H groups in total. The van der Waals surface area contributed by atoms with E-state index in [9.17, 15) is 0 Å². The van der Waals surface area contributed by atoms with Crippen molar-refractivity contribution in [1.82, 2.24) is 10.5 Å². The highest BCUT2D eigenvalue weighted by atomic mass is 16.5. The number of nitrogens with one attached hydrogen (secondary N) is 1. The molecule has 1 aromatic heterocycles. The Labute approximate surface area is 97.6 Å². The molecule has 1 heterocycles. The number of aryl methyl sites for hydroxylation is 1. The lowest BCUT2D eigenvalue weighted by atomic mass is 9.82. The van der Waals surface area contributed by atoms with Gasteiger partial charge in [0.15, 0.2) is 5.76 Å². The van der Waals surface area contributed by atoms with Crippen LogP contribution in [0.1, 0.15) is 44.1 Å². The minimum atomic E-state index is 0.811. The predicted octanol–water partition coefficient (Wildman–Crippen LogP) is 2.90. The molecular weight excluding hydrogens is 200 g/mol. The maximum atomic E-state index is 5.16. The third-order valence-corrected chi connectivity index (χ3v) is 3.45. The molecule has 1 aliphatic rings. The Hall–Kier alpha value is -0.830. The molecule has 0 aliphatic heterocycles. The fraction of sp³-hybridized carbons (Fsp3) is 0.769. The van der Waals surface area contributed by atoms with Crippen LogP contribution in [0.25, 0.3) is 0 Å². The van der Waals surface area contributed by atoms with Crippen LogP contribution in [0.4, 0.5) is 0 Å². The standard InChI is InChI=1S/C13H22N2O/c1-10-4-3-5-12(6-10)8-14-9-13-7-11(2)15-16-13/h7,10,12,14H,3-6,8-9H2,1-2H3. The molecule has 1 saturated carbocycles. The highest BCUT2D eigenvalue weighted by Gasteiger charge is 2.18. The molecule has 0 spiro atoms. The minimum Gasteiger partial charge on any atom is -0.360 e. The first-order valence-electron chi connectivity index (χ1n) is 6.37. The molecule has 2 rings (SSSR count). The van der Waals surface area contributed by atoms with Crippen molar-refractivity contribution in [3.63, 3.8) is 0 Å². The zero-order chi connectivity index (χ0) is 11.4. The van der Waals surface area contributed by atoms with Crippen LogP contribution >= 0.6 is 0 Å². The van der Waals surface area contributed by atoms with Crippen LogP contribution in [0.5, 0.6) is 0 Å². The van der Waals surface area contributed by atoms with E-state index in [4.69, 9.17) is 4.52 Å². The van der Waals surface area contributed by atoms with Gasteiger partial charge >= 0.3 is 0 Å². The minimum absolute atomic E-state index is 0.811. The van der Waals surface area contributed by atoms with Crippen LogP contribution in [0.2, 0.25) is 0 Å². The molecule has 16 heavy (non-hydrogen) atoms. The molecule has 2 atom stereocenters. The molecule has 3 heteroatoms. The van der Waals surface area contributed by atoms with Crippen LogP contribution in [-0.4, -0.2) is 11.7 Å². The summed E-state index contributed by atoms with van der Waals surface area (Å²) in [5.41, 5.74) is 0.961. The molecule has 0 saturated heterocycles. The molecule has 0 amide bonds. The molecular formula is C13H22N2O. The molecule has 1 aromatic rings. The van der Waals surface area contributed by atoms with Crippen LogP contribution in [0.3, 0.4) is 0 Å². The van der Waals surface area contributed by atoms with E-state index in [0.717, 1.165) is 36.4 Å². The summed E-state index contributed by atoms with van der Waals surface area (Å²) in [6, 6.07) is 2.00. The van der Waals surface area contributed by atoms with Crippen molar-refractivity contribution in [2.24, 2.45) is 11.8 Å². The van der Waals surface area contributed by atoms with Gasteiger partial charge in [-0.15, -0.1) is 0 Å². The second-order valence-corrected chi connectivity index (χ2v) is 5.20. The van der Waals surface area contributed by atoms with Crippen molar-refractivity contribution < 1.29 is 4.52 Å². The number of rotatable bonds is 4. The molecule has 0 radical (unpaired) electrons. The Kier molecular flexibility index (Phi) is 3.99. The van der Waals surface area contributed by atoms with E-state index >= 15 is 0 Å². The van der Waals surface area contributed by atoms with Gasteiger partial charge in [0.1, 0.15) is 0 Å². The number of hydrogen-bond donors (Lipinski definition) is 1. The van der Waals surface area contributed by atoms with Crippen molar-refractivity contribution in [2.45, 2.75) is 46.1 Å². The van der Waals surface area contributed by atoms with E-state index in [1.54, 1.807) is 0 Å². The van der Waals surface area contributed by atoms with Gasteiger partial charge in [-0.05, 0) is 38.1 Å². The summed E-state index contributed by atoms with van der Waals surface area (Å²) in [4.78, 5) is 0. The van der Waals surface area contributed by atoms with Crippen molar-refractivity contribution >= 4 is 0 Å². The lowest BCUT2D eigenvalue weighted by molar-refractivity contribution is 0.270. The van der Waals surface area contributed by atoms with Crippen molar-refractivity contribution in [1.29, 1.82) is 0 Å². The lowest BCUT2D eigenvalue weighted by Crippen LogP contribution is -2.26. The van der Waals surface area contributed by atoms with Gasteiger partial charge in [-0.2, -0.15) is 0 Å². The summed E-state index contributed by atoms with van der Waals surface area (Å²) < 4.78 is 5.16. The molecule has 1 fully saturated rings. The van der Waals surface area contributed by atoms with Crippen LogP contribution in [0.15, 0.2) is 10.6 Å². The van der Waals surface area contributed by atoms with E-state index < -0.39 is 0 Å². The molecule has 1 aliphatic carbocycles. The van der Waals surface area contributed by atoms with Crippen molar-refractivity contribution in [3.8, 4) is 0 Å². The van der Waals surface area contributed by atoms with Crippen molar-refractivity contribution in [2.75, 3.05) is 6.54 Å². The Bertz CT molecular complexity index is 321. The average molecular weight is 222 g/mol. The first kappa shape index (κ1) is 11.6. The highest BCUT2D eigenvalue weighted by Crippen LogP contribution is 2.27. The fourth-order valence-electron chi connectivity index (χ4n) is 2.64. The summed E-state index contributed by atoms with van der Waals surface area (Å²) in [5, 5.41) is 7.35. The number of hydrogen-bond acceptors (Lipinski definition) is 3. The fourth-order valence-corrected chi connectivity index (χ4v) is 2.64. The summed E-state index contributed by atoms with van der Waals surface area (Å²) in [6.07, 6.45) is 5.57. The predicted molar refractivity (Wildman–Crippen MR) is 64.1 cm³/mol. The van der Waals surface area contributed by atoms with Gasteiger partial charge in [-0.1, -0.05) is 24.9 Å². The summed E-state index contributed by atoms with van der Waals surface area (Å²) in [5.74, 6) is 2.71. The second-order valence-electron chi connectivity index (χ2n) is 5.20. The zero-order valence-electron chi connectivity index (χ0n) is 10.3. The topological polar surface area (TPSA) is 38.1 Å². The average Bonchev–Trinajstić information content (AvgIpc) is 2.64. The first-order chi connectivity index (χ1) is 7.74. The lowest BCUT2D eigenvalue weighted by Gasteiger charge is -2.26. The van der Waals surface area contributed by atoms with E-state index in [-0.39, 0.29) is 0 Å². The van der Waals surface area contributed by atoms with Gasteiger partial charge in [0.25, 0.3) is 0 Å². The van der Waals surface area contributed by atoms with Crippen LogP contribution in [0, 0.1) is 18.8 Å². The van der Waals surface area contributed by atoms with Gasteiger partial charge in [0, 0.05) is 6.07 Å². The maximum absolute atomic E-state index is 5.16. The number of aromatic nitrogens is 1. The van der Waals surface area contributed by atoms with Gasteiger partial charge < -0.3 is 9.84 Å². The number of nitrogens with zero attached hydrogens (tertiary/aromatic N) is 1. The third kappa shape index (κ3) is 3.34. The molecule has 3 nitrogen and oxygen atoms in total. The first-order valence-corrected chi connectivity index (χ1v) is 6.37. The Balaban J connectivity index is 1.67. The smallest absolute Gasteiger partial charge is 0.150 e. The Morgan fingerprint density at radius 2 is 2.38 bits per heavy atom. The van der Waals surface area contributed by atoms with E-state index in [1.165, 1.54) is 25.7 Å². The Morgan fingerprint density at radius 1 is 1.50 bits per heavy atom. The SMILES string of the molecule is Cc1cc(CNCC2CCCC(C)C2)on1. The quantitative estimate of drug-likeness (QED) is 0.851. The second kappa shape index (κ2) is 5.48. The Morgan fingerprint density at radius 3 is 3.06 bits per heavy atom. The van der Waals surface area contributed by atoms with E-state index in [0.29, 0.717) is 0 Å². The van der Waals surface area contributed by atoms with Crippen LogP contribution < -0.4 is 5.32 Å². The summed E-state index contributed by atoms with van der Waals surface area (Å²) in [7, 11) is 0. The van der Waals surface area contributed by atoms with Crippen LogP contribution in [-0.2, 0) is 6.54 Å². The highest BCUT2D eigenvalue weighted by molar-refractivity contribution is 5.02.